The minimum absolute atomic E-state index is 0.201. The van der Waals surface area contributed by atoms with E-state index in [-0.39, 0.29) is 23.9 Å². The van der Waals surface area contributed by atoms with Gasteiger partial charge in [0.1, 0.15) is 18.0 Å². The second-order valence-corrected chi connectivity index (χ2v) is 6.29. The molecule has 0 aromatic rings. The summed E-state index contributed by atoms with van der Waals surface area (Å²) < 4.78 is 24.0. The molecule has 21 heavy (non-hydrogen) atoms. The molecule has 119 valence electrons. The van der Waals surface area contributed by atoms with Gasteiger partial charge in [0.15, 0.2) is 5.79 Å². The van der Waals surface area contributed by atoms with E-state index in [4.69, 9.17) is 15.0 Å². The van der Waals surface area contributed by atoms with Crippen molar-refractivity contribution in [3.63, 3.8) is 0 Å². The van der Waals surface area contributed by atoms with Gasteiger partial charge in [-0.05, 0) is 34.4 Å². The van der Waals surface area contributed by atoms with Gasteiger partial charge in [0, 0.05) is 6.42 Å². The summed E-state index contributed by atoms with van der Waals surface area (Å²) in [5, 5.41) is 0. The summed E-state index contributed by atoms with van der Waals surface area (Å²) >= 11 is 0.975. The summed E-state index contributed by atoms with van der Waals surface area (Å²) in [6.45, 7) is 7.83. The van der Waals surface area contributed by atoms with Crippen LogP contribution in [0.25, 0.3) is 0 Å². The van der Waals surface area contributed by atoms with Crippen LogP contribution in [0.5, 0.6) is 0 Å². The summed E-state index contributed by atoms with van der Waals surface area (Å²) in [7, 11) is 1.13. The second-order valence-electron chi connectivity index (χ2n) is 5.86. The Labute approximate surface area is 134 Å². The third-order valence-electron chi connectivity index (χ3n) is 3.30. The number of carbonyl (C=O) groups is 1. The van der Waals surface area contributed by atoms with E-state index in [0.717, 1.165) is 31.8 Å². The maximum Gasteiger partial charge on any atom is 0.209 e. The molecule has 0 aromatic carbocycles. The van der Waals surface area contributed by atoms with Crippen molar-refractivity contribution < 1.29 is 18.5 Å². The molecule has 0 unspecified atom stereocenters. The first kappa shape index (κ1) is 17.1. The van der Waals surface area contributed by atoms with Crippen LogP contribution in [0.1, 0.15) is 47.0 Å². The van der Waals surface area contributed by atoms with Gasteiger partial charge >= 0.3 is 0 Å². The Hall–Kier alpha value is -0.295. The first-order chi connectivity index (χ1) is 10.4. The Bertz CT molecular complexity index is 379. The van der Waals surface area contributed by atoms with Gasteiger partial charge in [0.05, 0.1) is 6.61 Å². The Morgan fingerprint density at radius 1 is 1.57 bits per heavy atom. The highest BCUT2D eigenvalue weighted by molar-refractivity contribution is 8.15. The van der Waals surface area contributed by atoms with Gasteiger partial charge in [-0.3, -0.25) is 0 Å². The van der Waals surface area contributed by atoms with Crippen molar-refractivity contribution in [1.82, 2.24) is 0 Å². The fourth-order valence-electron chi connectivity index (χ4n) is 2.53. The highest BCUT2D eigenvalue weighted by atomic mass is 32.2. The van der Waals surface area contributed by atoms with Gasteiger partial charge in [-0.15, -0.1) is 0 Å². The van der Waals surface area contributed by atoms with E-state index in [1.54, 1.807) is 6.92 Å². The van der Waals surface area contributed by atoms with Crippen LogP contribution in [0.4, 0.5) is 0 Å². The lowest BCUT2D eigenvalue weighted by atomic mass is 9.96. The van der Waals surface area contributed by atoms with Crippen LogP contribution in [0.2, 0.25) is 0 Å². The average Bonchev–Trinajstić information content (AvgIpc) is 2.70. The quantitative estimate of drug-likeness (QED) is 0.268. The van der Waals surface area contributed by atoms with Crippen LogP contribution < -0.4 is 0 Å². The Morgan fingerprint density at radius 3 is 2.95 bits per heavy atom. The van der Waals surface area contributed by atoms with E-state index in [1.165, 1.54) is 0 Å². The predicted molar refractivity (Wildman–Crippen MR) is 87.4 cm³/mol. The van der Waals surface area contributed by atoms with Crippen LogP contribution in [-0.2, 0) is 18.5 Å². The van der Waals surface area contributed by atoms with Crippen LogP contribution >= 0.6 is 11.9 Å². The number of ketones is 1. The molecule has 3 atom stereocenters. The van der Waals surface area contributed by atoms with Crippen molar-refractivity contribution in [2.45, 2.75) is 65.0 Å². The molecule has 0 saturated carbocycles. The third-order valence-corrected chi connectivity index (χ3v) is 3.58. The summed E-state index contributed by atoms with van der Waals surface area (Å²) in [6, 6.07) is 0. The van der Waals surface area contributed by atoms with Crippen molar-refractivity contribution in [2.75, 3.05) is 6.61 Å². The van der Waals surface area contributed by atoms with Crippen molar-refractivity contribution >= 4 is 24.8 Å². The van der Waals surface area contributed by atoms with E-state index in [1.807, 2.05) is 19.9 Å². The Morgan fingerprint density at radius 2 is 2.33 bits per heavy atom. The molecule has 0 aromatic heterocycles. The SMILES string of the molecule is [3H][B]SOC[C@H]1OC(C)(C)O[C@H]1/C=C/[C@@H](CCC)CC(C)=O. The van der Waals surface area contributed by atoms with Gasteiger partial charge in [-0.2, -0.15) is 0 Å². The lowest BCUT2D eigenvalue weighted by Gasteiger charge is -2.16. The zero-order chi connectivity index (χ0) is 16.6. The minimum atomic E-state index is -0.654. The highest BCUT2D eigenvalue weighted by Gasteiger charge is 2.40. The largest absolute Gasteiger partial charge is 0.342 e. The van der Waals surface area contributed by atoms with E-state index < -0.39 is 5.79 Å². The van der Waals surface area contributed by atoms with E-state index in [9.17, 15) is 4.79 Å². The first-order valence-electron chi connectivity index (χ1n) is 7.97. The van der Waals surface area contributed by atoms with E-state index in [0.29, 0.717) is 13.0 Å². The predicted octanol–water partition coefficient (Wildman–Crippen LogP) is 2.94. The summed E-state index contributed by atoms with van der Waals surface area (Å²) in [6.07, 6.45) is 6.23. The number of ether oxygens (including phenoxy) is 2. The van der Waals surface area contributed by atoms with Crippen molar-refractivity contribution in [3.8, 4) is 0 Å². The van der Waals surface area contributed by atoms with Crippen LogP contribution in [-0.4, -0.2) is 38.8 Å². The lowest BCUT2D eigenvalue weighted by molar-refractivity contribution is -0.145. The summed E-state index contributed by atoms with van der Waals surface area (Å²) in [5.74, 6) is -0.208. The normalized spacial score (nSPS) is 26.8. The molecular weight excluding hydrogens is 287 g/mol. The van der Waals surface area contributed by atoms with Gasteiger partial charge < -0.3 is 18.5 Å². The topological polar surface area (TPSA) is 44.8 Å². The fourth-order valence-corrected chi connectivity index (χ4v) is 2.75. The van der Waals surface area contributed by atoms with Gasteiger partial charge in [0.25, 0.3) is 0 Å². The zero-order valence-corrected chi connectivity index (χ0v) is 14.2. The molecule has 1 saturated heterocycles. The molecule has 1 fully saturated rings. The lowest BCUT2D eigenvalue weighted by Crippen LogP contribution is -2.25. The van der Waals surface area contributed by atoms with Gasteiger partial charge in [0.2, 0.25) is 7.09 Å². The number of Topliss-reactive ketones (excluding diaryl/α,β-unsaturated/α-hetero) is 1. The molecule has 0 amide bonds. The number of rotatable bonds is 10. The molecule has 1 radical (unpaired) electrons. The summed E-state index contributed by atoms with van der Waals surface area (Å²) in [5.41, 5.74) is 0. The smallest absolute Gasteiger partial charge is 0.209 e. The Kier molecular flexibility index (Phi) is 7.30. The van der Waals surface area contributed by atoms with Crippen LogP contribution in [0, 0.1) is 5.92 Å². The molecule has 4 nitrogen and oxygen atoms in total. The van der Waals surface area contributed by atoms with Crippen LogP contribution in [0.15, 0.2) is 12.2 Å². The molecular formula is C15H26BO4S. The second kappa shape index (κ2) is 8.98. The number of hydrogen-bond acceptors (Lipinski definition) is 5. The molecule has 0 bridgehead atoms. The molecule has 1 heterocycles. The van der Waals surface area contributed by atoms with E-state index in [2.05, 4.69) is 13.0 Å². The molecule has 0 aliphatic carbocycles. The number of hydrogen-bond donors (Lipinski definition) is 0. The summed E-state index contributed by atoms with van der Waals surface area (Å²) in [4.78, 5) is 11.3. The average molecular weight is 315 g/mol. The van der Waals surface area contributed by atoms with E-state index >= 15 is 0 Å². The third kappa shape index (κ3) is 7.00. The maximum atomic E-state index is 11.3. The highest BCUT2D eigenvalue weighted by Crippen LogP contribution is 2.30. The fraction of sp³-hybridized carbons (Fsp3) is 0.800. The standard InChI is InChI=1S/C15H26BO4S/c1-5-6-12(9-11(2)17)7-8-13-14(10-18-21-16)20-15(3,4)19-13/h7-8,12-14,16H,5-6,9-10H2,1-4H3/b8-7+/t12-,13+,14-/m1/s1/i16T. The Balaban J connectivity index is 2.64. The minimum Gasteiger partial charge on any atom is -0.342 e. The van der Waals surface area contributed by atoms with Crippen molar-refractivity contribution in [1.29, 1.82) is 1.34 Å². The van der Waals surface area contributed by atoms with Crippen molar-refractivity contribution in [3.05, 3.63) is 12.2 Å². The first-order valence-corrected chi connectivity index (χ1v) is 8.20. The number of carbonyl (C=O) groups excluding carboxylic acids is 1. The van der Waals surface area contributed by atoms with Crippen molar-refractivity contribution in [2.24, 2.45) is 5.92 Å². The van der Waals surface area contributed by atoms with Gasteiger partial charge in [-0.25, -0.2) is 0 Å². The monoisotopic (exact) mass is 315 g/mol. The number of allylic oxidation sites excluding steroid dienone is 1. The molecule has 6 heteroatoms. The molecule has 0 spiro atoms. The maximum absolute atomic E-state index is 11.3. The molecule has 1 aliphatic rings. The van der Waals surface area contributed by atoms with Crippen LogP contribution in [0.3, 0.4) is 0 Å². The zero-order valence-electron chi connectivity index (χ0n) is 14.3. The molecule has 1 rings (SSSR count). The van der Waals surface area contributed by atoms with Gasteiger partial charge in [-0.1, -0.05) is 37.4 Å². The molecule has 1 aliphatic heterocycles. The molecule has 0 N–H and O–H groups in total.